The Kier molecular flexibility index (Phi) is 8.31. The molecule has 0 spiro atoms. The van der Waals surface area contributed by atoms with Crippen molar-refractivity contribution in [3.63, 3.8) is 0 Å². The fourth-order valence-electron chi connectivity index (χ4n) is 2.88. The molecule has 3 rings (SSSR count). The molecule has 0 bridgehead atoms. The Morgan fingerprint density at radius 3 is 2.55 bits per heavy atom. The highest BCUT2D eigenvalue weighted by Gasteiger charge is 2.23. The zero-order valence-corrected chi connectivity index (χ0v) is 18.6. The van der Waals surface area contributed by atoms with Gasteiger partial charge in [-0.05, 0) is 23.9 Å². The molecule has 0 saturated carbocycles. The summed E-state index contributed by atoms with van der Waals surface area (Å²) in [6.45, 7) is 1.96. The van der Waals surface area contributed by atoms with Crippen molar-refractivity contribution >= 4 is 45.6 Å². The molecular formula is C22H23N3O4S2. The van der Waals surface area contributed by atoms with Gasteiger partial charge in [-0.15, -0.1) is 22.7 Å². The van der Waals surface area contributed by atoms with Gasteiger partial charge in [0.25, 0.3) is 0 Å². The van der Waals surface area contributed by atoms with Crippen LogP contribution in [0.5, 0.6) is 0 Å². The number of carbonyl (C=O) groups excluding carboxylic acids is 3. The van der Waals surface area contributed by atoms with Crippen LogP contribution < -0.4 is 10.6 Å². The average Bonchev–Trinajstić information content (AvgIpc) is 3.40. The monoisotopic (exact) mass is 457 g/mol. The normalized spacial score (nSPS) is 11.5. The van der Waals surface area contributed by atoms with Gasteiger partial charge in [0, 0.05) is 16.7 Å². The number of hydrogen-bond acceptors (Lipinski definition) is 7. The van der Waals surface area contributed by atoms with Crippen molar-refractivity contribution in [3.8, 4) is 0 Å². The maximum atomic E-state index is 12.5. The summed E-state index contributed by atoms with van der Waals surface area (Å²) in [4.78, 5) is 42.2. The lowest BCUT2D eigenvalue weighted by Gasteiger charge is -2.17. The number of esters is 1. The minimum absolute atomic E-state index is 0.00197. The number of hydrogen-bond donors (Lipinski definition) is 2. The third kappa shape index (κ3) is 7.30. The Balaban J connectivity index is 1.55. The smallest absolute Gasteiger partial charge is 0.328 e. The second-order valence-corrected chi connectivity index (χ2v) is 8.58. The van der Waals surface area contributed by atoms with E-state index in [2.05, 4.69) is 15.6 Å². The first-order valence-electron chi connectivity index (χ1n) is 9.80. The zero-order chi connectivity index (χ0) is 22.1. The summed E-state index contributed by atoms with van der Waals surface area (Å²) in [5.74, 6) is -0.965. The SMILES string of the molecule is CCOC(=O)C(Cc1ccccc1)NC(=O)Cc1csc(NC(=O)Cc2cccs2)n1. The highest BCUT2D eigenvalue weighted by Crippen LogP contribution is 2.17. The van der Waals surface area contributed by atoms with Crippen molar-refractivity contribution < 1.29 is 19.1 Å². The molecule has 0 aliphatic heterocycles. The summed E-state index contributed by atoms with van der Waals surface area (Å²) in [6, 6.07) is 12.4. The third-order valence-corrected chi connectivity index (χ3v) is 5.93. The van der Waals surface area contributed by atoms with E-state index in [0.29, 0.717) is 17.2 Å². The first-order valence-corrected chi connectivity index (χ1v) is 11.6. The van der Waals surface area contributed by atoms with E-state index in [4.69, 9.17) is 4.74 Å². The predicted octanol–water partition coefficient (Wildman–Crippen LogP) is 3.22. The van der Waals surface area contributed by atoms with Crippen LogP contribution in [0.25, 0.3) is 0 Å². The highest BCUT2D eigenvalue weighted by atomic mass is 32.1. The molecule has 3 aromatic rings. The highest BCUT2D eigenvalue weighted by molar-refractivity contribution is 7.14. The fourth-order valence-corrected chi connectivity index (χ4v) is 4.31. The molecule has 0 fully saturated rings. The van der Waals surface area contributed by atoms with E-state index >= 15 is 0 Å². The number of nitrogens with one attached hydrogen (secondary N) is 2. The van der Waals surface area contributed by atoms with E-state index in [-0.39, 0.29) is 31.3 Å². The average molecular weight is 458 g/mol. The van der Waals surface area contributed by atoms with E-state index in [1.807, 2.05) is 47.8 Å². The Labute approximate surface area is 188 Å². The van der Waals surface area contributed by atoms with Crippen molar-refractivity contribution in [1.29, 1.82) is 0 Å². The molecule has 9 heteroatoms. The van der Waals surface area contributed by atoms with Gasteiger partial charge < -0.3 is 15.4 Å². The van der Waals surface area contributed by atoms with Crippen LogP contribution >= 0.6 is 22.7 Å². The number of ether oxygens (including phenoxy) is 1. The summed E-state index contributed by atoms with van der Waals surface area (Å²) < 4.78 is 5.10. The Bertz CT molecular complexity index is 1000. The van der Waals surface area contributed by atoms with Crippen LogP contribution in [0.2, 0.25) is 0 Å². The molecule has 7 nitrogen and oxygen atoms in total. The second kappa shape index (κ2) is 11.4. The number of carbonyl (C=O) groups is 3. The number of rotatable bonds is 10. The second-order valence-electron chi connectivity index (χ2n) is 6.69. The van der Waals surface area contributed by atoms with Gasteiger partial charge >= 0.3 is 5.97 Å². The summed E-state index contributed by atoms with van der Waals surface area (Å²) in [6.07, 6.45) is 0.627. The molecule has 1 atom stereocenters. The van der Waals surface area contributed by atoms with Gasteiger partial charge in [0.2, 0.25) is 11.8 Å². The maximum Gasteiger partial charge on any atom is 0.328 e. The molecule has 2 N–H and O–H groups in total. The number of thiophene rings is 1. The Morgan fingerprint density at radius 1 is 1.03 bits per heavy atom. The molecule has 162 valence electrons. The van der Waals surface area contributed by atoms with E-state index in [1.54, 1.807) is 12.3 Å². The van der Waals surface area contributed by atoms with Crippen LogP contribution in [0.15, 0.2) is 53.2 Å². The molecule has 1 unspecified atom stereocenters. The van der Waals surface area contributed by atoms with Crippen LogP contribution in [0.4, 0.5) is 5.13 Å². The molecular weight excluding hydrogens is 434 g/mol. The third-order valence-electron chi connectivity index (χ3n) is 4.24. The number of nitrogens with zero attached hydrogens (tertiary/aromatic N) is 1. The fraction of sp³-hybridized carbons (Fsp3) is 0.273. The number of benzene rings is 1. The molecule has 0 aliphatic carbocycles. The van der Waals surface area contributed by atoms with E-state index < -0.39 is 12.0 Å². The van der Waals surface area contributed by atoms with Crippen LogP contribution in [-0.2, 0) is 38.4 Å². The van der Waals surface area contributed by atoms with Crippen LogP contribution in [0.1, 0.15) is 23.1 Å². The molecule has 0 saturated heterocycles. The van der Waals surface area contributed by atoms with Gasteiger partial charge in [-0.3, -0.25) is 9.59 Å². The number of thiazole rings is 1. The van der Waals surface area contributed by atoms with E-state index in [0.717, 1.165) is 10.4 Å². The van der Waals surface area contributed by atoms with Gasteiger partial charge in [0.15, 0.2) is 5.13 Å². The molecule has 0 aliphatic rings. The van der Waals surface area contributed by atoms with E-state index in [9.17, 15) is 14.4 Å². The van der Waals surface area contributed by atoms with Crippen molar-refractivity contribution in [2.24, 2.45) is 0 Å². The predicted molar refractivity (Wildman–Crippen MR) is 121 cm³/mol. The van der Waals surface area contributed by atoms with Crippen LogP contribution in [-0.4, -0.2) is 35.4 Å². The van der Waals surface area contributed by atoms with Crippen molar-refractivity contribution in [1.82, 2.24) is 10.3 Å². The molecule has 2 aromatic heterocycles. The number of anilines is 1. The minimum Gasteiger partial charge on any atom is -0.464 e. The first-order chi connectivity index (χ1) is 15.0. The standard InChI is InChI=1S/C22H23N3O4S2/c1-2-29-21(28)18(11-15-7-4-3-5-8-15)24-19(26)12-16-14-31-22(23-16)25-20(27)13-17-9-6-10-30-17/h3-10,14,18H,2,11-13H2,1H3,(H,24,26)(H,23,25,27). The minimum atomic E-state index is -0.779. The van der Waals surface area contributed by atoms with Gasteiger partial charge in [0.1, 0.15) is 6.04 Å². The largest absolute Gasteiger partial charge is 0.464 e. The first kappa shape index (κ1) is 22.6. The van der Waals surface area contributed by atoms with Gasteiger partial charge in [-0.2, -0.15) is 0 Å². The van der Waals surface area contributed by atoms with Crippen molar-refractivity contribution in [2.75, 3.05) is 11.9 Å². The van der Waals surface area contributed by atoms with Crippen molar-refractivity contribution in [3.05, 3.63) is 69.4 Å². The summed E-state index contributed by atoms with van der Waals surface area (Å²) in [7, 11) is 0. The molecule has 0 radical (unpaired) electrons. The Hall–Kier alpha value is -3.04. The molecule has 2 amide bonds. The van der Waals surface area contributed by atoms with Gasteiger partial charge in [-0.1, -0.05) is 36.4 Å². The zero-order valence-electron chi connectivity index (χ0n) is 17.0. The molecule has 2 heterocycles. The lowest BCUT2D eigenvalue weighted by molar-refractivity contribution is -0.147. The number of aromatic nitrogens is 1. The van der Waals surface area contributed by atoms with E-state index in [1.165, 1.54) is 22.7 Å². The summed E-state index contributed by atoms with van der Waals surface area (Å²) in [5, 5.41) is 9.58. The summed E-state index contributed by atoms with van der Waals surface area (Å²) >= 11 is 2.78. The Morgan fingerprint density at radius 2 is 1.84 bits per heavy atom. The van der Waals surface area contributed by atoms with Gasteiger partial charge in [-0.25, -0.2) is 9.78 Å². The van der Waals surface area contributed by atoms with Crippen molar-refractivity contribution in [2.45, 2.75) is 32.2 Å². The van der Waals surface area contributed by atoms with Crippen LogP contribution in [0, 0.1) is 0 Å². The quantitative estimate of drug-likeness (QED) is 0.456. The number of amides is 2. The van der Waals surface area contributed by atoms with Crippen LogP contribution in [0.3, 0.4) is 0 Å². The van der Waals surface area contributed by atoms with Gasteiger partial charge in [0.05, 0.1) is 25.1 Å². The summed E-state index contributed by atoms with van der Waals surface area (Å²) in [5.41, 5.74) is 1.45. The lowest BCUT2D eigenvalue weighted by Crippen LogP contribution is -2.44. The topological polar surface area (TPSA) is 97.4 Å². The lowest BCUT2D eigenvalue weighted by atomic mass is 10.1. The molecule has 31 heavy (non-hydrogen) atoms. The maximum absolute atomic E-state index is 12.5. The molecule has 1 aromatic carbocycles.